The van der Waals surface area contributed by atoms with E-state index < -0.39 is 5.41 Å². The van der Waals surface area contributed by atoms with E-state index >= 15 is 0 Å². The van der Waals surface area contributed by atoms with Crippen molar-refractivity contribution in [3.63, 3.8) is 0 Å². The molecular formula is C68H50N2. The van der Waals surface area contributed by atoms with E-state index in [2.05, 4.69) is 289 Å². The molecule has 1 heterocycles. The van der Waals surface area contributed by atoms with Gasteiger partial charge in [0.05, 0.1) is 16.4 Å². The highest BCUT2D eigenvalue weighted by Crippen LogP contribution is 2.49. The topological polar surface area (TPSA) is 8.17 Å². The second-order valence-corrected chi connectivity index (χ2v) is 18.1. The molecule has 332 valence electrons. The number of aromatic nitrogens is 1. The summed E-state index contributed by atoms with van der Waals surface area (Å²) >= 11 is 0. The Bertz CT molecular complexity index is 3690. The highest BCUT2D eigenvalue weighted by Gasteiger charge is 2.40. The summed E-state index contributed by atoms with van der Waals surface area (Å²) in [5, 5.41) is 2.50. The van der Waals surface area contributed by atoms with Gasteiger partial charge in [0, 0.05) is 33.5 Å². The van der Waals surface area contributed by atoms with Crippen LogP contribution in [0.2, 0.25) is 0 Å². The van der Waals surface area contributed by atoms with E-state index in [4.69, 9.17) is 6.58 Å². The molecule has 1 aliphatic rings. The van der Waals surface area contributed by atoms with Gasteiger partial charge in [0.2, 0.25) is 0 Å². The molecule has 0 saturated heterocycles. The zero-order chi connectivity index (χ0) is 46.9. The molecule has 0 saturated carbocycles. The molecule has 1 aromatic heterocycles. The number of nitrogens with zero attached hydrogens (tertiary/aromatic N) is 2. The molecule has 0 N–H and O–H groups in total. The van der Waals surface area contributed by atoms with Crippen LogP contribution in [-0.2, 0) is 11.8 Å². The third-order valence-corrected chi connectivity index (χ3v) is 14.1. The highest BCUT2D eigenvalue weighted by molar-refractivity contribution is 6.10. The molecule has 0 bridgehead atoms. The van der Waals surface area contributed by atoms with Crippen LogP contribution in [0.1, 0.15) is 22.3 Å². The van der Waals surface area contributed by atoms with Gasteiger partial charge in [0.25, 0.3) is 0 Å². The zero-order valence-corrected chi connectivity index (χ0v) is 38.9. The Morgan fingerprint density at radius 3 is 1.63 bits per heavy atom. The van der Waals surface area contributed by atoms with Crippen LogP contribution in [0.3, 0.4) is 0 Å². The smallest absolute Gasteiger partial charge is 0.0698 e. The minimum atomic E-state index is -0.616. The molecule has 0 aliphatic heterocycles. The minimum absolute atomic E-state index is 0.616. The second kappa shape index (κ2) is 18.3. The number of allylic oxidation sites excluding steroid dienone is 5. The number of fused-ring (bicyclic) bond motifs is 4. The Morgan fingerprint density at radius 1 is 0.386 bits per heavy atom. The van der Waals surface area contributed by atoms with Gasteiger partial charge in [0.1, 0.15) is 0 Å². The number of anilines is 3. The lowest BCUT2D eigenvalue weighted by atomic mass is 9.63. The summed E-state index contributed by atoms with van der Waals surface area (Å²) in [6.45, 7) is 4.82. The Kier molecular flexibility index (Phi) is 11.1. The maximum Gasteiger partial charge on any atom is 0.0698 e. The predicted octanol–water partition coefficient (Wildman–Crippen LogP) is 17.8. The molecule has 0 spiro atoms. The summed E-state index contributed by atoms with van der Waals surface area (Å²) in [6.07, 6.45) is 9.51. The Balaban J connectivity index is 0.991. The maximum absolute atomic E-state index is 4.82. The van der Waals surface area contributed by atoms with E-state index in [1.165, 1.54) is 66.3 Å². The molecule has 0 fully saturated rings. The van der Waals surface area contributed by atoms with Crippen molar-refractivity contribution in [2.24, 2.45) is 0 Å². The first-order chi connectivity index (χ1) is 34.6. The standard InChI is InChI=1S/C68H50N2/c1-49-21-7-2-10-24-56-47-62(42-44-65(56)68(49,57-28-11-4-12-29-57)58-30-13-5-14-31-58)69(60-40-37-51(38-41-60)50-22-8-3-9-23-50)61-34-20-27-54(46-61)52-25-19-26-53(45-52)55-39-43-64-63-35-17-18-36-66(63)70(67(64)48-55)59-32-15-6-16-33-59/h2-23,25-48H,1,24H2/b10-2-,21-7-. The lowest BCUT2D eigenvalue weighted by molar-refractivity contribution is 0.737. The van der Waals surface area contributed by atoms with E-state index in [1.807, 2.05) is 0 Å². The lowest BCUT2D eigenvalue weighted by Gasteiger charge is -2.39. The summed E-state index contributed by atoms with van der Waals surface area (Å²) in [7, 11) is 0. The number of rotatable bonds is 9. The zero-order valence-electron chi connectivity index (χ0n) is 38.9. The van der Waals surface area contributed by atoms with Gasteiger partial charge in [-0.25, -0.2) is 0 Å². The summed E-state index contributed by atoms with van der Waals surface area (Å²) in [5.74, 6) is 0. The van der Waals surface area contributed by atoms with E-state index in [0.29, 0.717) is 0 Å². The molecule has 0 atom stereocenters. The largest absolute Gasteiger partial charge is 0.310 e. The fourth-order valence-electron chi connectivity index (χ4n) is 10.8. The van der Waals surface area contributed by atoms with Crippen LogP contribution in [0.4, 0.5) is 17.1 Å². The van der Waals surface area contributed by atoms with E-state index in [0.717, 1.165) is 45.9 Å². The molecule has 12 rings (SSSR count). The monoisotopic (exact) mass is 894 g/mol. The molecule has 1 aliphatic carbocycles. The maximum atomic E-state index is 4.82. The number of hydrogen-bond acceptors (Lipinski definition) is 1. The van der Waals surface area contributed by atoms with Gasteiger partial charge in [0.15, 0.2) is 0 Å². The summed E-state index contributed by atoms with van der Waals surface area (Å²) < 4.78 is 2.39. The Hall–Kier alpha value is -8.98. The molecule has 11 aromatic rings. The van der Waals surface area contributed by atoms with E-state index in [1.54, 1.807) is 0 Å². The molecule has 0 radical (unpaired) electrons. The van der Waals surface area contributed by atoms with Gasteiger partial charge in [-0.1, -0.05) is 219 Å². The van der Waals surface area contributed by atoms with Crippen LogP contribution in [0, 0.1) is 0 Å². The molecule has 10 aromatic carbocycles. The first kappa shape index (κ1) is 42.4. The number of benzene rings is 10. The van der Waals surface area contributed by atoms with Crippen molar-refractivity contribution < 1.29 is 0 Å². The van der Waals surface area contributed by atoms with Crippen LogP contribution >= 0.6 is 0 Å². The molecule has 2 nitrogen and oxygen atoms in total. The first-order valence-corrected chi connectivity index (χ1v) is 24.2. The van der Waals surface area contributed by atoms with Gasteiger partial charge in [-0.2, -0.15) is 0 Å². The van der Waals surface area contributed by atoms with Gasteiger partial charge in [-0.3, -0.25) is 0 Å². The van der Waals surface area contributed by atoms with Crippen LogP contribution < -0.4 is 4.90 Å². The van der Waals surface area contributed by atoms with Crippen molar-refractivity contribution in [3.05, 3.63) is 313 Å². The van der Waals surface area contributed by atoms with Crippen LogP contribution in [0.5, 0.6) is 0 Å². The van der Waals surface area contributed by atoms with Gasteiger partial charge < -0.3 is 9.47 Å². The fraction of sp³-hybridized carbons (Fsp3) is 0.0294. The van der Waals surface area contributed by atoms with Gasteiger partial charge in [-0.05, 0) is 134 Å². The predicted molar refractivity (Wildman–Crippen MR) is 296 cm³/mol. The van der Waals surface area contributed by atoms with Crippen molar-refractivity contribution in [3.8, 4) is 39.1 Å². The summed E-state index contributed by atoms with van der Waals surface area (Å²) in [5.41, 5.74) is 19.1. The average Bonchev–Trinajstić information content (AvgIpc) is 3.79. The average molecular weight is 895 g/mol. The van der Waals surface area contributed by atoms with Gasteiger partial charge >= 0.3 is 0 Å². The van der Waals surface area contributed by atoms with E-state index in [9.17, 15) is 0 Å². The van der Waals surface area contributed by atoms with Crippen molar-refractivity contribution >= 4 is 38.9 Å². The third kappa shape index (κ3) is 7.57. The number of para-hydroxylation sites is 2. The quantitative estimate of drug-likeness (QED) is 0.140. The van der Waals surface area contributed by atoms with Gasteiger partial charge in [-0.15, -0.1) is 0 Å². The SMILES string of the molecule is C=C1/C=C\C=C/Cc2cc(N(c3ccc(-c4ccccc4)cc3)c3cccc(-c4cccc(-c5ccc6c7ccccc7n(-c7ccccc7)c6c5)c4)c3)ccc2C1(c1ccccc1)c1ccccc1. The molecule has 2 heteroatoms. The lowest BCUT2D eigenvalue weighted by Crippen LogP contribution is -2.32. The number of hydrogen-bond donors (Lipinski definition) is 0. The van der Waals surface area contributed by atoms with Crippen LogP contribution in [-0.4, -0.2) is 4.57 Å². The Labute approximate surface area is 410 Å². The summed E-state index contributed by atoms with van der Waals surface area (Å²) in [4.78, 5) is 2.41. The van der Waals surface area contributed by atoms with Crippen molar-refractivity contribution in [1.29, 1.82) is 0 Å². The molecule has 0 amide bonds. The first-order valence-electron chi connectivity index (χ1n) is 24.2. The fourth-order valence-corrected chi connectivity index (χ4v) is 10.8. The normalized spacial score (nSPS) is 14.0. The second-order valence-electron chi connectivity index (χ2n) is 18.1. The van der Waals surface area contributed by atoms with Crippen molar-refractivity contribution in [1.82, 2.24) is 4.57 Å². The third-order valence-electron chi connectivity index (χ3n) is 14.1. The Morgan fingerprint density at radius 2 is 0.914 bits per heavy atom. The van der Waals surface area contributed by atoms with Crippen LogP contribution in [0.15, 0.2) is 291 Å². The van der Waals surface area contributed by atoms with Crippen molar-refractivity contribution in [2.75, 3.05) is 4.90 Å². The van der Waals surface area contributed by atoms with Crippen LogP contribution in [0.25, 0.3) is 60.9 Å². The molecular weight excluding hydrogens is 845 g/mol. The summed E-state index contributed by atoms with van der Waals surface area (Å²) in [6, 6.07) is 92.7. The highest BCUT2D eigenvalue weighted by atomic mass is 15.1. The minimum Gasteiger partial charge on any atom is -0.310 e. The molecule has 0 unspecified atom stereocenters. The van der Waals surface area contributed by atoms with Crippen molar-refractivity contribution in [2.45, 2.75) is 11.8 Å². The molecule has 70 heavy (non-hydrogen) atoms. The van der Waals surface area contributed by atoms with E-state index in [-0.39, 0.29) is 0 Å².